The predicted octanol–water partition coefficient (Wildman–Crippen LogP) is 1.25. The molecule has 2 aliphatic rings. The van der Waals surface area contributed by atoms with Crippen molar-refractivity contribution in [1.29, 1.82) is 0 Å². The first-order chi connectivity index (χ1) is 7.51. The average molecular weight is 238 g/mol. The summed E-state index contributed by atoms with van der Waals surface area (Å²) < 4.78 is 24.4. The third-order valence-electron chi connectivity index (χ3n) is 3.45. The first-order valence-electron chi connectivity index (χ1n) is 5.37. The van der Waals surface area contributed by atoms with Crippen molar-refractivity contribution in [3.05, 3.63) is 18.2 Å². The number of rotatable bonds is 0. The lowest BCUT2D eigenvalue weighted by Gasteiger charge is -2.10. The molecule has 1 aromatic carbocycles. The lowest BCUT2D eigenvalue weighted by Crippen LogP contribution is -2.20. The minimum Gasteiger partial charge on any atom is -0.399 e. The zero-order valence-corrected chi connectivity index (χ0v) is 9.68. The van der Waals surface area contributed by atoms with Crippen molar-refractivity contribution in [2.24, 2.45) is 5.41 Å². The molecule has 1 saturated carbocycles. The third-order valence-corrected chi connectivity index (χ3v) is 5.46. The molecule has 3 rings (SSSR count). The fourth-order valence-electron chi connectivity index (χ4n) is 2.27. The molecule has 5 heteroatoms. The van der Waals surface area contributed by atoms with Crippen molar-refractivity contribution in [3.8, 4) is 0 Å². The van der Waals surface area contributed by atoms with E-state index in [0.29, 0.717) is 16.3 Å². The minimum absolute atomic E-state index is 0.0212. The Bertz CT molecular complexity index is 547. The average Bonchev–Trinajstić information content (AvgIpc) is 2.95. The summed E-state index contributed by atoms with van der Waals surface area (Å²) in [6.45, 7) is 0.739. The molecule has 86 valence electrons. The molecule has 1 aliphatic heterocycles. The van der Waals surface area contributed by atoms with Crippen molar-refractivity contribution < 1.29 is 8.42 Å². The molecule has 1 heterocycles. The van der Waals surface area contributed by atoms with E-state index in [1.165, 1.54) is 0 Å². The Balaban J connectivity index is 2.15. The van der Waals surface area contributed by atoms with Gasteiger partial charge in [0.05, 0.1) is 16.3 Å². The van der Waals surface area contributed by atoms with Gasteiger partial charge >= 0.3 is 0 Å². The highest BCUT2D eigenvalue weighted by atomic mass is 32.2. The van der Waals surface area contributed by atoms with Crippen molar-refractivity contribution in [2.45, 2.75) is 17.7 Å². The number of nitrogens with two attached hydrogens (primary N) is 1. The van der Waals surface area contributed by atoms with E-state index in [9.17, 15) is 8.42 Å². The van der Waals surface area contributed by atoms with Crippen LogP contribution in [-0.4, -0.2) is 20.7 Å². The standard InChI is InChI=1S/C11H14N2O2S/c12-8-1-2-10-9(5-8)13-6-11(3-4-11)7-16(10,14)15/h1-2,5,13H,3-4,6-7,12H2. The van der Waals surface area contributed by atoms with Crippen molar-refractivity contribution in [1.82, 2.24) is 0 Å². The van der Waals surface area contributed by atoms with E-state index in [1.54, 1.807) is 18.2 Å². The number of hydrogen-bond acceptors (Lipinski definition) is 4. The SMILES string of the molecule is Nc1ccc2c(c1)NCC1(CC1)CS2(=O)=O. The molecule has 0 aromatic heterocycles. The Morgan fingerprint density at radius 2 is 2.06 bits per heavy atom. The van der Waals surface area contributed by atoms with Gasteiger partial charge in [-0.25, -0.2) is 8.42 Å². The Hall–Kier alpha value is -1.23. The summed E-state index contributed by atoms with van der Waals surface area (Å²) >= 11 is 0. The molecule has 0 unspecified atom stereocenters. The van der Waals surface area contributed by atoms with Gasteiger partial charge in [-0.15, -0.1) is 0 Å². The molecule has 1 fully saturated rings. The van der Waals surface area contributed by atoms with Gasteiger partial charge in [-0.05, 0) is 31.0 Å². The van der Waals surface area contributed by atoms with E-state index in [2.05, 4.69) is 5.32 Å². The molecule has 1 aromatic rings. The van der Waals surface area contributed by atoms with Crippen LogP contribution < -0.4 is 11.1 Å². The van der Waals surface area contributed by atoms with Crippen LogP contribution in [0.25, 0.3) is 0 Å². The van der Waals surface area contributed by atoms with Gasteiger partial charge in [0.2, 0.25) is 0 Å². The zero-order chi connectivity index (χ0) is 11.4. The Labute approximate surface area is 94.8 Å². The first kappa shape index (κ1) is 9.96. The second-order valence-electron chi connectivity index (χ2n) is 4.87. The van der Waals surface area contributed by atoms with Crippen LogP contribution in [0.5, 0.6) is 0 Å². The summed E-state index contributed by atoms with van der Waals surface area (Å²) in [6.07, 6.45) is 2.01. The maximum absolute atomic E-state index is 12.2. The van der Waals surface area contributed by atoms with Gasteiger partial charge in [0.15, 0.2) is 9.84 Å². The maximum Gasteiger partial charge on any atom is 0.181 e. The lowest BCUT2D eigenvalue weighted by atomic mass is 10.1. The molecule has 1 spiro atoms. The Morgan fingerprint density at radius 1 is 1.31 bits per heavy atom. The van der Waals surface area contributed by atoms with Gasteiger partial charge in [-0.2, -0.15) is 0 Å². The van der Waals surface area contributed by atoms with Gasteiger partial charge in [0, 0.05) is 17.6 Å². The summed E-state index contributed by atoms with van der Waals surface area (Å²) in [7, 11) is -3.16. The molecule has 1 aliphatic carbocycles. The summed E-state index contributed by atoms with van der Waals surface area (Å²) in [5, 5.41) is 3.22. The van der Waals surface area contributed by atoms with Crippen LogP contribution >= 0.6 is 0 Å². The topological polar surface area (TPSA) is 72.2 Å². The highest BCUT2D eigenvalue weighted by molar-refractivity contribution is 7.91. The predicted molar refractivity (Wildman–Crippen MR) is 63.1 cm³/mol. The molecule has 16 heavy (non-hydrogen) atoms. The van der Waals surface area contributed by atoms with Crippen LogP contribution in [0, 0.1) is 5.41 Å². The van der Waals surface area contributed by atoms with Gasteiger partial charge in [0.25, 0.3) is 0 Å². The van der Waals surface area contributed by atoms with Gasteiger partial charge < -0.3 is 11.1 Å². The van der Waals surface area contributed by atoms with E-state index in [0.717, 1.165) is 19.4 Å². The highest BCUT2D eigenvalue weighted by Gasteiger charge is 2.48. The largest absolute Gasteiger partial charge is 0.399 e. The summed E-state index contributed by atoms with van der Waals surface area (Å²) in [4.78, 5) is 0.394. The van der Waals surface area contributed by atoms with Crippen molar-refractivity contribution in [2.75, 3.05) is 23.3 Å². The summed E-state index contributed by atoms with van der Waals surface area (Å²) in [5.74, 6) is 0.268. The number of hydrogen-bond donors (Lipinski definition) is 2. The normalized spacial score (nSPS) is 24.2. The van der Waals surface area contributed by atoms with Crippen LogP contribution in [0.2, 0.25) is 0 Å². The van der Waals surface area contributed by atoms with Crippen LogP contribution in [0.4, 0.5) is 11.4 Å². The fourth-order valence-corrected chi connectivity index (χ4v) is 4.36. The van der Waals surface area contributed by atoms with Crippen LogP contribution in [0.15, 0.2) is 23.1 Å². The van der Waals surface area contributed by atoms with Crippen LogP contribution in [-0.2, 0) is 9.84 Å². The second-order valence-corrected chi connectivity index (χ2v) is 6.83. The van der Waals surface area contributed by atoms with E-state index in [1.807, 2.05) is 0 Å². The number of fused-ring (bicyclic) bond motifs is 1. The first-order valence-corrected chi connectivity index (χ1v) is 7.02. The molecular formula is C11H14N2O2S. The fraction of sp³-hybridized carbons (Fsp3) is 0.455. The number of benzene rings is 1. The smallest absolute Gasteiger partial charge is 0.181 e. The monoisotopic (exact) mass is 238 g/mol. The third kappa shape index (κ3) is 1.46. The molecular weight excluding hydrogens is 224 g/mol. The Kier molecular flexibility index (Phi) is 1.81. The number of nitrogen functional groups attached to an aromatic ring is 1. The van der Waals surface area contributed by atoms with Gasteiger partial charge in [0.1, 0.15) is 0 Å². The Morgan fingerprint density at radius 3 is 2.75 bits per heavy atom. The molecule has 3 N–H and O–H groups in total. The number of nitrogens with one attached hydrogen (secondary N) is 1. The summed E-state index contributed by atoms with van der Waals surface area (Å²) in [6, 6.07) is 4.95. The maximum atomic E-state index is 12.2. The molecule has 0 radical (unpaired) electrons. The lowest BCUT2D eigenvalue weighted by molar-refractivity contribution is 0.562. The molecule has 0 saturated heterocycles. The molecule has 0 atom stereocenters. The van der Waals surface area contributed by atoms with E-state index < -0.39 is 9.84 Å². The van der Waals surface area contributed by atoms with Crippen molar-refractivity contribution >= 4 is 21.2 Å². The number of sulfone groups is 1. The van der Waals surface area contributed by atoms with Gasteiger partial charge in [-0.1, -0.05) is 0 Å². The van der Waals surface area contributed by atoms with Crippen molar-refractivity contribution in [3.63, 3.8) is 0 Å². The zero-order valence-electron chi connectivity index (χ0n) is 8.86. The van der Waals surface area contributed by atoms with Crippen LogP contribution in [0.3, 0.4) is 0 Å². The molecule has 4 nitrogen and oxygen atoms in total. The van der Waals surface area contributed by atoms with E-state index in [-0.39, 0.29) is 11.2 Å². The van der Waals surface area contributed by atoms with Gasteiger partial charge in [-0.3, -0.25) is 0 Å². The molecule has 0 amide bonds. The quantitative estimate of drug-likeness (QED) is 0.667. The van der Waals surface area contributed by atoms with E-state index in [4.69, 9.17) is 5.73 Å². The van der Waals surface area contributed by atoms with E-state index >= 15 is 0 Å². The molecule has 0 bridgehead atoms. The minimum atomic E-state index is -3.16. The highest BCUT2D eigenvalue weighted by Crippen LogP contribution is 2.49. The second kappa shape index (κ2) is 2.91. The van der Waals surface area contributed by atoms with Crippen LogP contribution in [0.1, 0.15) is 12.8 Å². The number of anilines is 2. The summed E-state index contributed by atoms with van der Waals surface area (Å²) in [5.41, 5.74) is 6.90.